The summed E-state index contributed by atoms with van der Waals surface area (Å²) in [4.78, 5) is 0. The molecule has 0 bridgehead atoms. The second kappa shape index (κ2) is 9.86. The Balaban J connectivity index is 1.22. The lowest BCUT2D eigenvalue weighted by molar-refractivity contribution is 1.18. The van der Waals surface area contributed by atoms with Gasteiger partial charge in [0.25, 0.3) is 0 Å². The molecule has 0 saturated carbocycles. The summed E-state index contributed by atoms with van der Waals surface area (Å²) in [7, 11) is 0. The zero-order valence-electron chi connectivity index (χ0n) is 33.3. The summed E-state index contributed by atoms with van der Waals surface area (Å²) in [6.07, 6.45) is 0. The number of rotatable bonds is 4. The summed E-state index contributed by atoms with van der Waals surface area (Å²) in [5.41, 5.74) is 6.76. The molecule has 0 radical (unpaired) electrons. The lowest BCUT2D eigenvalue weighted by atomic mass is 10.0. The number of fused-ring (bicyclic) bond motifs is 6. The van der Waals surface area contributed by atoms with Gasteiger partial charge in [-0.2, -0.15) is 0 Å². The van der Waals surface area contributed by atoms with E-state index in [2.05, 4.69) is 28.8 Å². The lowest BCUT2D eigenvalue weighted by Gasteiger charge is -2.11. The van der Waals surface area contributed by atoms with Gasteiger partial charge in [-0.3, -0.25) is 0 Å². The molecule has 0 spiro atoms. The standard InChI is InChI=1S/C42H28N2/c1-3-12-29(13-4-1)30-14-11-17-34(26-30)44-40-21-10-8-19-36(40)38-28-32(23-25-42(38)44)31-22-24-41-37(27-31)35-18-7-9-20-39(35)43(41)33-15-5-2-6-16-33/h1-28H/i1D,2D,3D,4D,5D,6D,12D,13D,15D,16D. The quantitative estimate of drug-likeness (QED) is 0.199. The van der Waals surface area contributed by atoms with Crippen molar-refractivity contribution in [3.63, 3.8) is 0 Å². The Morgan fingerprint density at radius 1 is 0.341 bits per heavy atom. The van der Waals surface area contributed by atoms with E-state index in [1.807, 2.05) is 78.9 Å². The average molecular weight is 571 g/mol. The van der Waals surface area contributed by atoms with Crippen molar-refractivity contribution in [1.82, 2.24) is 9.13 Å². The fourth-order valence-corrected chi connectivity index (χ4v) is 6.37. The van der Waals surface area contributed by atoms with Crippen LogP contribution in [0.15, 0.2) is 170 Å². The fraction of sp³-hybridized carbons (Fsp3) is 0. The van der Waals surface area contributed by atoms with E-state index < -0.39 is 12.1 Å². The highest BCUT2D eigenvalue weighted by Gasteiger charge is 2.16. The first-order valence-electron chi connectivity index (χ1n) is 19.3. The molecule has 0 aliphatic heterocycles. The average Bonchev–Trinajstić information content (AvgIpc) is 3.70. The van der Waals surface area contributed by atoms with Gasteiger partial charge in [0.05, 0.1) is 35.8 Å². The minimum atomic E-state index is -0.435. The molecule has 2 heteroatoms. The van der Waals surface area contributed by atoms with Crippen molar-refractivity contribution in [2.45, 2.75) is 0 Å². The maximum absolute atomic E-state index is 8.71. The van der Waals surface area contributed by atoms with Gasteiger partial charge in [-0.05, 0) is 82.9 Å². The Morgan fingerprint density at radius 2 is 0.841 bits per heavy atom. The Morgan fingerprint density at radius 3 is 1.45 bits per heavy atom. The van der Waals surface area contributed by atoms with Crippen LogP contribution in [0.25, 0.3) is 77.2 Å². The summed E-state index contributed by atoms with van der Waals surface area (Å²) < 4.78 is 87.6. The van der Waals surface area contributed by atoms with Crippen molar-refractivity contribution in [2.75, 3.05) is 0 Å². The third kappa shape index (κ3) is 3.82. The Bertz CT molecular complexity index is 3010. The molecule has 2 nitrogen and oxygen atoms in total. The summed E-state index contributed by atoms with van der Waals surface area (Å²) in [5, 5.41) is 3.78. The molecule has 0 atom stereocenters. The summed E-state index contributed by atoms with van der Waals surface area (Å²) in [5.74, 6) is 0. The van der Waals surface area contributed by atoms with Crippen molar-refractivity contribution in [1.29, 1.82) is 0 Å². The van der Waals surface area contributed by atoms with Gasteiger partial charge in [-0.15, -0.1) is 0 Å². The van der Waals surface area contributed by atoms with Gasteiger partial charge in [0, 0.05) is 32.9 Å². The minimum absolute atomic E-state index is 0.102. The first-order valence-corrected chi connectivity index (χ1v) is 14.3. The normalized spacial score (nSPS) is 14.8. The molecule has 9 aromatic rings. The smallest absolute Gasteiger partial charge is 0.0645 e. The summed E-state index contributed by atoms with van der Waals surface area (Å²) >= 11 is 0. The van der Waals surface area contributed by atoms with Gasteiger partial charge in [-0.1, -0.05) is 109 Å². The van der Waals surface area contributed by atoms with E-state index in [1.165, 1.54) is 0 Å². The zero-order chi connectivity index (χ0) is 37.7. The molecule has 206 valence electrons. The molecule has 0 unspecified atom stereocenters. The number of nitrogens with zero attached hydrogens (tertiary/aromatic N) is 2. The molecule has 0 saturated heterocycles. The molecule has 0 aliphatic carbocycles. The number of hydrogen-bond donors (Lipinski definition) is 0. The van der Waals surface area contributed by atoms with Gasteiger partial charge < -0.3 is 9.13 Å². The maximum atomic E-state index is 8.71. The summed E-state index contributed by atoms with van der Waals surface area (Å²) in [6.45, 7) is 0. The number of benzene rings is 7. The predicted octanol–water partition coefficient (Wildman–Crippen LogP) is 11.2. The Hall–Kier alpha value is -5.86. The highest BCUT2D eigenvalue weighted by atomic mass is 15.0. The van der Waals surface area contributed by atoms with Crippen LogP contribution < -0.4 is 0 Å². The van der Waals surface area contributed by atoms with E-state index in [1.54, 1.807) is 10.6 Å². The van der Waals surface area contributed by atoms with Crippen LogP contribution >= 0.6 is 0 Å². The molecule has 2 aromatic heterocycles. The first-order chi connectivity index (χ1) is 26.0. The molecule has 0 fully saturated rings. The predicted molar refractivity (Wildman–Crippen MR) is 186 cm³/mol. The van der Waals surface area contributed by atoms with Crippen molar-refractivity contribution < 1.29 is 13.7 Å². The number of hydrogen-bond acceptors (Lipinski definition) is 0. The van der Waals surface area contributed by atoms with Crippen LogP contribution in [0.5, 0.6) is 0 Å². The first kappa shape index (κ1) is 16.7. The molecule has 0 N–H and O–H groups in total. The van der Waals surface area contributed by atoms with Crippen LogP contribution in [-0.2, 0) is 0 Å². The van der Waals surface area contributed by atoms with E-state index in [9.17, 15) is 0 Å². The van der Waals surface area contributed by atoms with Gasteiger partial charge in [-0.25, -0.2) is 0 Å². The maximum Gasteiger partial charge on any atom is 0.0645 e. The lowest BCUT2D eigenvalue weighted by Crippen LogP contribution is -1.94. The van der Waals surface area contributed by atoms with E-state index in [-0.39, 0.29) is 59.6 Å². The fourth-order valence-electron chi connectivity index (χ4n) is 6.37. The SMILES string of the molecule is [2H]c1c([2H])c([2H])c(-c2cccc(-n3c4ccccc4c4cc(-c5ccc6c(c5)c5ccccc5n6-c5c([2H])c([2H])c([2H])c([2H])c5[2H])ccc43)c2)c([2H])c1[2H]. The van der Waals surface area contributed by atoms with Crippen LogP contribution in [0.2, 0.25) is 0 Å². The van der Waals surface area contributed by atoms with Crippen molar-refractivity contribution in [3.05, 3.63) is 170 Å². The van der Waals surface area contributed by atoms with Crippen molar-refractivity contribution in [3.8, 4) is 33.6 Å². The van der Waals surface area contributed by atoms with Crippen molar-refractivity contribution in [2.24, 2.45) is 0 Å². The Labute approximate surface area is 269 Å². The monoisotopic (exact) mass is 570 g/mol. The molecule has 44 heavy (non-hydrogen) atoms. The van der Waals surface area contributed by atoms with Crippen molar-refractivity contribution >= 4 is 43.6 Å². The molecule has 7 aromatic carbocycles. The third-order valence-corrected chi connectivity index (χ3v) is 8.28. The topological polar surface area (TPSA) is 9.86 Å². The molecular formula is C42H28N2. The highest BCUT2D eigenvalue weighted by molar-refractivity contribution is 6.12. The van der Waals surface area contributed by atoms with Gasteiger partial charge in [0.2, 0.25) is 0 Å². The van der Waals surface area contributed by atoms with Crippen LogP contribution in [0, 0.1) is 0 Å². The third-order valence-electron chi connectivity index (χ3n) is 8.28. The molecular weight excluding hydrogens is 532 g/mol. The van der Waals surface area contributed by atoms with Gasteiger partial charge >= 0.3 is 0 Å². The van der Waals surface area contributed by atoms with Crippen LogP contribution in [0.3, 0.4) is 0 Å². The zero-order valence-corrected chi connectivity index (χ0v) is 23.3. The minimum Gasteiger partial charge on any atom is -0.309 e. The second-order valence-corrected chi connectivity index (χ2v) is 10.7. The second-order valence-electron chi connectivity index (χ2n) is 10.7. The molecule has 9 rings (SSSR count). The molecule has 2 heterocycles. The number of para-hydroxylation sites is 3. The van der Waals surface area contributed by atoms with Crippen LogP contribution in [-0.4, -0.2) is 9.13 Å². The van der Waals surface area contributed by atoms with E-state index in [4.69, 9.17) is 13.7 Å². The van der Waals surface area contributed by atoms with E-state index in [0.29, 0.717) is 5.56 Å². The molecule has 0 aliphatic rings. The van der Waals surface area contributed by atoms with E-state index in [0.717, 1.165) is 60.4 Å². The van der Waals surface area contributed by atoms with Gasteiger partial charge in [0.15, 0.2) is 0 Å². The van der Waals surface area contributed by atoms with Gasteiger partial charge in [0.1, 0.15) is 0 Å². The highest BCUT2D eigenvalue weighted by Crippen LogP contribution is 2.38. The van der Waals surface area contributed by atoms with Crippen LogP contribution in [0.1, 0.15) is 13.7 Å². The summed E-state index contributed by atoms with van der Waals surface area (Å²) in [6, 6.07) is 31.9. The number of aromatic nitrogens is 2. The largest absolute Gasteiger partial charge is 0.309 e. The Kier molecular flexibility index (Phi) is 3.74. The van der Waals surface area contributed by atoms with Crippen LogP contribution in [0.4, 0.5) is 0 Å². The molecule has 0 amide bonds. The van der Waals surface area contributed by atoms with E-state index >= 15 is 0 Å².